The maximum Gasteiger partial charge on any atom is 0.0571 e. The molecule has 1 aliphatic rings. The minimum atomic E-state index is 0.597. The third-order valence-corrected chi connectivity index (χ3v) is 1.64. The van der Waals surface area contributed by atoms with Gasteiger partial charge in [-0.25, -0.2) is 0 Å². The van der Waals surface area contributed by atoms with Crippen molar-refractivity contribution in [3.63, 3.8) is 0 Å². The van der Waals surface area contributed by atoms with Crippen molar-refractivity contribution in [3.8, 4) is 0 Å². The highest BCUT2D eigenvalue weighted by Crippen LogP contribution is 2.19. The second kappa shape index (κ2) is 12.9. The van der Waals surface area contributed by atoms with Gasteiger partial charge in [0.1, 0.15) is 0 Å². The zero-order valence-electron chi connectivity index (χ0n) is 8.26. The Morgan fingerprint density at radius 1 is 1.09 bits per heavy atom. The van der Waals surface area contributed by atoms with Gasteiger partial charge in [-0.3, -0.25) is 0 Å². The van der Waals surface area contributed by atoms with Gasteiger partial charge in [0, 0.05) is 7.11 Å². The first-order valence-corrected chi connectivity index (χ1v) is 5.30. The molecule has 1 saturated carbocycles. The van der Waals surface area contributed by atoms with E-state index in [-0.39, 0.29) is 0 Å². The molecule has 0 amide bonds. The van der Waals surface area contributed by atoms with Crippen LogP contribution >= 0.6 is 12.6 Å². The topological polar surface area (TPSA) is 9.23 Å². The molecule has 0 spiro atoms. The molecule has 0 aromatic heterocycles. The Bertz CT molecular complexity index is 51.5. The van der Waals surface area contributed by atoms with Crippen LogP contribution in [0.25, 0.3) is 0 Å². The fourth-order valence-corrected chi connectivity index (χ4v) is 1.12. The van der Waals surface area contributed by atoms with E-state index in [1.165, 1.54) is 25.7 Å². The summed E-state index contributed by atoms with van der Waals surface area (Å²) in [7, 11) is 1.80. The van der Waals surface area contributed by atoms with Gasteiger partial charge >= 0.3 is 0 Å². The van der Waals surface area contributed by atoms with Crippen LogP contribution in [0, 0.1) is 0 Å². The summed E-state index contributed by atoms with van der Waals surface area (Å²) in [5.41, 5.74) is 0. The van der Waals surface area contributed by atoms with Crippen LogP contribution in [0.2, 0.25) is 0 Å². The minimum absolute atomic E-state index is 0.597. The lowest BCUT2D eigenvalue weighted by atomic mass is 10.3. The van der Waals surface area contributed by atoms with E-state index in [0.717, 1.165) is 0 Å². The number of hydrogen-bond donors (Lipinski definition) is 1. The normalized spacial score (nSPS) is 16.1. The molecule has 0 saturated heterocycles. The molecule has 0 bridgehead atoms. The Hall–Kier alpha value is 0.310. The number of rotatable bonds is 1. The lowest BCUT2D eigenvalue weighted by molar-refractivity contribution is 0.109. The van der Waals surface area contributed by atoms with Crippen molar-refractivity contribution >= 4 is 12.6 Å². The number of hydrogen-bond acceptors (Lipinski definition) is 2. The molecule has 11 heavy (non-hydrogen) atoms. The summed E-state index contributed by atoms with van der Waals surface area (Å²) >= 11 is 3.53. The van der Waals surface area contributed by atoms with Crippen LogP contribution in [0.4, 0.5) is 0 Å². The van der Waals surface area contributed by atoms with E-state index in [9.17, 15) is 0 Å². The van der Waals surface area contributed by atoms with Crippen molar-refractivity contribution in [3.05, 3.63) is 0 Å². The highest BCUT2D eigenvalue weighted by Gasteiger charge is 2.12. The zero-order valence-corrected chi connectivity index (χ0v) is 9.16. The lowest BCUT2D eigenvalue weighted by Crippen LogP contribution is -2.01. The van der Waals surface area contributed by atoms with Crippen molar-refractivity contribution in [2.75, 3.05) is 13.4 Å². The van der Waals surface area contributed by atoms with Crippen molar-refractivity contribution in [1.29, 1.82) is 0 Å². The predicted octanol–water partition coefficient (Wildman–Crippen LogP) is 3.15. The Kier molecular flexibility index (Phi) is 16.3. The summed E-state index contributed by atoms with van der Waals surface area (Å²) in [6.07, 6.45) is 7.62. The molecule has 2 heteroatoms. The Morgan fingerprint density at radius 3 is 1.64 bits per heavy atom. The lowest BCUT2D eigenvalue weighted by Gasteiger charge is -2.02. The quantitative estimate of drug-likeness (QED) is 0.607. The first kappa shape index (κ1) is 13.9. The number of ether oxygens (including phenoxy) is 1. The molecule has 0 N–H and O–H groups in total. The third-order valence-electron chi connectivity index (χ3n) is 1.64. The standard InChI is InChI=1S/C6H12O.C2H6.CH4S/c1-7-6-4-2-3-5-6;2*1-2/h6H,2-5H2,1H3;1-2H3;2H,1H3. The Morgan fingerprint density at radius 2 is 1.45 bits per heavy atom. The maximum atomic E-state index is 5.11. The van der Waals surface area contributed by atoms with Gasteiger partial charge in [-0.1, -0.05) is 26.7 Å². The van der Waals surface area contributed by atoms with Crippen molar-refractivity contribution in [1.82, 2.24) is 0 Å². The van der Waals surface area contributed by atoms with Gasteiger partial charge < -0.3 is 4.74 Å². The molecular formula is C9H22OS. The second-order valence-corrected chi connectivity index (χ2v) is 2.14. The molecule has 0 unspecified atom stereocenters. The van der Waals surface area contributed by atoms with Gasteiger partial charge in [0.25, 0.3) is 0 Å². The van der Waals surface area contributed by atoms with Crippen LogP contribution in [-0.4, -0.2) is 19.5 Å². The van der Waals surface area contributed by atoms with Crippen molar-refractivity contribution in [2.45, 2.75) is 45.6 Å². The Labute approximate surface area is 76.9 Å². The fraction of sp³-hybridized carbons (Fsp3) is 1.00. The molecule has 1 aliphatic carbocycles. The van der Waals surface area contributed by atoms with Gasteiger partial charge in [0.2, 0.25) is 0 Å². The third kappa shape index (κ3) is 8.21. The van der Waals surface area contributed by atoms with E-state index >= 15 is 0 Å². The molecule has 0 aliphatic heterocycles. The monoisotopic (exact) mass is 178 g/mol. The smallest absolute Gasteiger partial charge is 0.0571 e. The molecular weight excluding hydrogens is 156 g/mol. The zero-order chi connectivity index (χ0) is 9.11. The molecule has 0 heterocycles. The molecule has 0 radical (unpaired) electrons. The molecule has 0 aromatic carbocycles. The Balaban J connectivity index is 0. The molecule has 70 valence electrons. The van der Waals surface area contributed by atoms with Gasteiger partial charge in [-0.05, 0) is 19.1 Å². The first-order chi connectivity index (χ1) is 5.43. The van der Waals surface area contributed by atoms with E-state index in [4.69, 9.17) is 4.74 Å². The van der Waals surface area contributed by atoms with Gasteiger partial charge in [0.05, 0.1) is 6.10 Å². The maximum absolute atomic E-state index is 5.11. The highest BCUT2D eigenvalue weighted by atomic mass is 32.1. The van der Waals surface area contributed by atoms with Crippen LogP contribution < -0.4 is 0 Å². The van der Waals surface area contributed by atoms with Crippen LogP contribution in [-0.2, 0) is 4.74 Å². The molecule has 1 nitrogen and oxygen atoms in total. The van der Waals surface area contributed by atoms with Crippen LogP contribution in [0.3, 0.4) is 0 Å². The van der Waals surface area contributed by atoms with E-state index in [2.05, 4.69) is 12.6 Å². The van der Waals surface area contributed by atoms with Crippen LogP contribution in [0.1, 0.15) is 39.5 Å². The summed E-state index contributed by atoms with van der Waals surface area (Å²) in [4.78, 5) is 0. The van der Waals surface area contributed by atoms with Crippen LogP contribution in [0.5, 0.6) is 0 Å². The summed E-state index contributed by atoms with van der Waals surface area (Å²) in [6.45, 7) is 4.00. The number of thiol groups is 1. The number of methoxy groups -OCH3 is 1. The van der Waals surface area contributed by atoms with E-state index in [1.54, 1.807) is 13.4 Å². The summed E-state index contributed by atoms with van der Waals surface area (Å²) in [6, 6.07) is 0. The molecule has 0 atom stereocenters. The summed E-state index contributed by atoms with van der Waals surface area (Å²) < 4.78 is 5.11. The average molecular weight is 178 g/mol. The molecule has 0 aromatic rings. The highest BCUT2D eigenvalue weighted by molar-refractivity contribution is 7.79. The fourth-order valence-electron chi connectivity index (χ4n) is 1.12. The van der Waals surface area contributed by atoms with Gasteiger partial charge in [-0.2, -0.15) is 12.6 Å². The first-order valence-electron chi connectivity index (χ1n) is 4.41. The van der Waals surface area contributed by atoms with E-state index in [0.29, 0.717) is 6.10 Å². The predicted molar refractivity (Wildman–Crippen MR) is 55.5 cm³/mol. The SMILES string of the molecule is CC.COC1CCCC1.CS. The van der Waals surface area contributed by atoms with E-state index < -0.39 is 0 Å². The molecule has 1 rings (SSSR count). The van der Waals surface area contributed by atoms with Gasteiger partial charge in [-0.15, -0.1) is 0 Å². The average Bonchev–Trinajstić information content (AvgIpc) is 2.63. The van der Waals surface area contributed by atoms with E-state index in [1.807, 2.05) is 13.8 Å². The largest absolute Gasteiger partial charge is 0.381 e. The second-order valence-electron chi connectivity index (χ2n) is 2.14. The molecule has 1 fully saturated rings. The van der Waals surface area contributed by atoms with Crippen molar-refractivity contribution < 1.29 is 4.74 Å². The summed E-state index contributed by atoms with van der Waals surface area (Å²) in [5.74, 6) is 0. The minimum Gasteiger partial charge on any atom is -0.381 e. The van der Waals surface area contributed by atoms with Crippen molar-refractivity contribution in [2.24, 2.45) is 0 Å². The van der Waals surface area contributed by atoms with Crippen LogP contribution in [0.15, 0.2) is 0 Å². The summed E-state index contributed by atoms with van der Waals surface area (Å²) in [5, 5.41) is 0. The van der Waals surface area contributed by atoms with Gasteiger partial charge in [0.15, 0.2) is 0 Å².